The fourth-order valence-corrected chi connectivity index (χ4v) is 2.23. The lowest BCUT2D eigenvalue weighted by atomic mass is 9.99. The van der Waals surface area contributed by atoms with Gasteiger partial charge in [-0.05, 0) is 49.6 Å². The van der Waals surface area contributed by atoms with E-state index >= 15 is 0 Å². The van der Waals surface area contributed by atoms with Crippen LogP contribution in [-0.2, 0) is 6.42 Å². The van der Waals surface area contributed by atoms with Crippen LogP contribution in [0, 0.1) is 6.92 Å². The Morgan fingerprint density at radius 3 is 2.89 bits per heavy atom. The second kappa shape index (κ2) is 4.33. The minimum absolute atomic E-state index is 0.000207. The molecular formula is C15H14O3. The maximum absolute atomic E-state index is 12.2. The van der Waals surface area contributed by atoms with E-state index in [0.29, 0.717) is 11.1 Å². The molecule has 0 spiro atoms. The Morgan fingerprint density at radius 2 is 2.11 bits per heavy atom. The Kier molecular flexibility index (Phi) is 2.67. The summed E-state index contributed by atoms with van der Waals surface area (Å²) < 4.78 is 10.7. The molecule has 3 rings (SSSR count). The molecule has 0 radical (unpaired) electrons. The van der Waals surface area contributed by atoms with Gasteiger partial charge in [0.1, 0.15) is 17.8 Å². The van der Waals surface area contributed by atoms with Gasteiger partial charge >= 0.3 is 0 Å². The maximum Gasteiger partial charge on any atom is 0.196 e. The Morgan fingerprint density at radius 1 is 1.22 bits per heavy atom. The topological polar surface area (TPSA) is 39.4 Å². The third kappa shape index (κ3) is 1.92. The molecule has 0 saturated carbocycles. The molecule has 0 saturated heterocycles. The summed E-state index contributed by atoms with van der Waals surface area (Å²) in [5.41, 5.74) is 2.41. The van der Waals surface area contributed by atoms with Crippen molar-refractivity contribution in [2.45, 2.75) is 19.8 Å². The SMILES string of the molecule is Cc1cc(C(=O)c2ccc3c(c2)CCCO3)co1. The molecule has 0 unspecified atom stereocenters. The largest absolute Gasteiger partial charge is 0.493 e. The summed E-state index contributed by atoms with van der Waals surface area (Å²) >= 11 is 0. The molecule has 0 aliphatic carbocycles. The summed E-state index contributed by atoms with van der Waals surface area (Å²) in [5, 5.41) is 0. The van der Waals surface area contributed by atoms with Crippen molar-refractivity contribution in [2.24, 2.45) is 0 Å². The highest BCUT2D eigenvalue weighted by Gasteiger charge is 2.16. The number of carbonyl (C=O) groups excluding carboxylic acids is 1. The van der Waals surface area contributed by atoms with E-state index in [0.717, 1.165) is 36.5 Å². The highest BCUT2D eigenvalue weighted by Crippen LogP contribution is 2.26. The van der Waals surface area contributed by atoms with Gasteiger partial charge < -0.3 is 9.15 Å². The Labute approximate surface area is 105 Å². The average molecular weight is 242 g/mol. The van der Waals surface area contributed by atoms with Crippen LogP contribution < -0.4 is 4.74 Å². The molecule has 0 fully saturated rings. The van der Waals surface area contributed by atoms with Crippen LogP contribution in [0.4, 0.5) is 0 Å². The van der Waals surface area contributed by atoms with E-state index in [1.165, 1.54) is 6.26 Å². The van der Waals surface area contributed by atoms with Crippen LogP contribution in [0.15, 0.2) is 34.9 Å². The van der Waals surface area contributed by atoms with Crippen molar-refractivity contribution in [3.05, 3.63) is 53.0 Å². The number of benzene rings is 1. The van der Waals surface area contributed by atoms with Crippen molar-refractivity contribution in [1.82, 2.24) is 0 Å². The van der Waals surface area contributed by atoms with Crippen molar-refractivity contribution >= 4 is 5.78 Å². The molecule has 1 aromatic carbocycles. The number of furan rings is 1. The summed E-state index contributed by atoms with van der Waals surface area (Å²) in [7, 11) is 0. The monoisotopic (exact) mass is 242 g/mol. The molecule has 0 atom stereocenters. The Balaban J connectivity index is 1.95. The number of aryl methyl sites for hydroxylation is 2. The van der Waals surface area contributed by atoms with E-state index in [-0.39, 0.29) is 5.78 Å². The molecule has 2 heterocycles. The zero-order chi connectivity index (χ0) is 12.5. The first-order valence-electron chi connectivity index (χ1n) is 6.09. The first-order valence-corrected chi connectivity index (χ1v) is 6.09. The highest BCUT2D eigenvalue weighted by molar-refractivity contribution is 6.09. The van der Waals surface area contributed by atoms with Gasteiger partial charge in [0.15, 0.2) is 5.78 Å². The van der Waals surface area contributed by atoms with Gasteiger partial charge in [-0.25, -0.2) is 0 Å². The molecule has 3 nitrogen and oxygen atoms in total. The number of rotatable bonds is 2. The molecule has 92 valence electrons. The van der Waals surface area contributed by atoms with Crippen LogP contribution in [-0.4, -0.2) is 12.4 Å². The van der Waals surface area contributed by atoms with Gasteiger partial charge in [-0.15, -0.1) is 0 Å². The standard InChI is InChI=1S/C15H14O3/c1-10-7-13(9-18-10)15(16)12-4-5-14-11(8-12)3-2-6-17-14/h4-5,7-9H,2-3,6H2,1H3. The van der Waals surface area contributed by atoms with E-state index in [4.69, 9.17) is 9.15 Å². The summed E-state index contributed by atoms with van der Waals surface area (Å²) in [6, 6.07) is 7.39. The minimum atomic E-state index is 0.000207. The number of ether oxygens (including phenoxy) is 1. The quantitative estimate of drug-likeness (QED) is 0.759. The molecule has 0 bridgehead atoms. The predicted octanol–water partition coefficient (Wildman–Crippen LogP) is 3.14. The second-order valence-electron chi connectivity index (χ2n) is 4.55. The van der Waals surface area contributed by atoms with E-state index in [2.05, 4.69) is 0 Å². The van der Waals surface area contributed by atoms with Crippen molar-refractivity contribution in [3.63, 3.8) is 0 Å². The van der Waals surface area contributed by atoms with E-state index in [1.54, 1.807) is 6.07 Å². The third-order valence-corrected chi connectivity index (χ3v) is 3.16. The molecule has 1 aliphatic heterocycles. The van der Waals surface area contributed by atoms with Crippen LogP contribution >= 0.6 is 0 Å². The second-order valence-corrected chi connectivity index (χ2v) is 4.55. The molecule has 0 amide bonds. The van der Waals surface area contributed by atoms with E-state index in [1.807, 2.05) is 25.1 Å². The van der Waals surface area contributed by atoms with Crippen LogP contribution in [0.1, 0.15) is 33.7 Å². The lowest BCUT2D eigenvalue weighted by Crippen LogP contribution is -2.10. The smallest absolute Gasteiger partial charge is 0.196 e. The average Bonchev–Trinajstić information content (AvgIpc) is 2.84. The molecular weight excluding hydrogens is 228 g/mol. The molecule has 0 N–H and O–H groups in total. The summed E-state index contributed by atoms with van der Waals surface area (Å²) in [4.78, 5) is 12.2. The van der Waals surface area contributed by atoms with Gasteiger partial charge in [0.25, 0.3) is 0 Å². The predicted molar refractivity (Wildman–Crippen MR) is 67.1 cm³/mol. The lowest BCUT2D eigenvalue weighted by molar-refractivity contribution is 0.103. The van der Waals surface area contributed by atoms with Crippen LogP contribution in [0.5, 0.6) is 5.75 Å². The van der Waals surface area contributed by atoms with Crippen molar-refractivity contribution in [2.75, 3.05) is 6.61 Å². The Hall–Kier alpha value is -2.03. The lowest BCUT2D eigenvalue weighted by Gasteiger charge is -2.17. The number of ketones is 1. The molecule has 1 aliphatic rings. The number of fused-ring (bicyclic) bond motifs is 1. The zero-order valence-corrected chi connectivity index (χ0v) is 10.2. The molecule has 1 aromatic heterocycles. The number of carbonyl (C=O) groups is 1. The van der Waals surface area contributed by atoms with Crippen molar-refractivity contribution in [1.29, 1.82) is 0 Å². The number of hydrogen-bond donors (Lipinski definition) is 0. The minimum Gasteiger partial charge on any atom is -0.493 e. The molecule has 18 heavy (non-hydrogen) atoms. The first kappa shape index (κ1) is 11.1. The molecule has 3 heteroatoms. The van der Waals surface area contributed by atoms with Gasteiger partial charge in [-0.3, -0.25) is 4.79 Å². The Bertz CT molecular complexity index is 596. The third-order valence-electron chi connectivity index (χ3n) is 3.16. The van der Waals surface area contributed by atoms with Crippen molar-refractivity contribution < 1.29 is 13.9 Å². The molecule has 2 aromatic rings. The zero-order valence-electron chi connectivity index (χ0n) is 10.2. The van der Waals surface area contributed by atoms with Crippen LogP contribution in [0.3, 0.4) is 0 Å². The van der Waals surface area contributed by atoms with Crippen molar-refractivity contribution in [3.8, 4) is 5.75 Å². The normalized spacial score (nSPS) is 13.8. The fraction of sp³-hybridized carbons (Fsp3) is 0.267. The van der Waals surface area contributed by atoms with Crippen LogP contribution in [0.25, 0.3) is 0 Å². The first-order chi connectivity index (χ1) is 8.74. The summed E-state index contributed by atoms with van der Waals surface area (Å²) in [6.07, 6.45) is 3.49. The highest BCUT2D eigenvalue weighted by atomic mass is 16.5. The van der Waals surface area contributed by atoms with Gasteiger partial charge in [0.05, 0.1) is 12.2 Å². The maximum atomic E-state index is 12.2. The van der Waals surface area contributed by atoms with Gasteiger partial charge in [0, 0.05) is 5.56 Å². The van der Waals surface area contributed by atoms with E-state index in [9.17, 15) is 4.79 Å². The summed E-state index contributed by atoms with van der Waals surface area (Å²) in [5.74, 6) is 1.65. The van der Waals surface area contributed by atoms with E-state index < -0.39 is 0 Å². The number of hydrogen-bond acceptors (Lipinski definition) is 3. The van der Waals surface area contributed by atoms with Crippen LogP contribution in [0.2, 0.25) is 0 Å². The fourth-order valence-electron chi connectivity index (χ4n) is 2.23. The van der Waals surface area contributed by atoms with Gasteiger partial charge in [-0.1, -0.05) is 0 Å². The summed E-state index contributed by atoms with van der Waals surface area (Å²) in [6.45, 7) is 2.60. The van der Waals surface area contributed by atoms with Gasteiger partial charge in [-0.2, -0.15) is 0 Å². The van der Waals surface area contributed by atoms with Gasteiger partial charge in [0.2, 0.25) is 0 Å².